The van der Waals surface area contributed by atoms with Crippen molar-refractivity contribution in [3.63, 3.8) is 0 Å². The maximum atomic E-state index is 12.1. The fourth-order valence-corrected chi connectivity index (χ4v) is 3.88. The number of carbonyl (C=O) groups is 1. The largest absolute Gasteiger partial charge is 0.354 e. The topological polar surface area (TPSA) is 45.2 Å². The minimum absolute atomic E-state index is 0.0935. The van der Waals surface area contributed by atoms with Crippen molar-refractivity contribution in [2.45, 2.75) is 31.7 Å². The first-order valence-electron chi connectivity index (χ1n) is 7.89. The number of nitrogens with zero attached hydrogens (tertiary/aromatic N) is 2. The minimum atomic E-state index is 0.0935. The van der Waals surface area contributed by atoms with Crippen molar-refractivity contribution in [3.8, 4) is 0 Å². The zero-order valence-electron chi connectivity index (χ0n) is 12.9. The number of anilines is 1. The lowest BCUT2D eigenvalue weighted by molar-refractivity contribution is -0.121. The average Bonchev–Trinajstić information content (AvgIpc) is 3.21. The van der Waals surface area contributed by atoms with E-state index >= 15 is 0 Å². The molecule has 0 bridgehead atoms. The van der Waals surface area contributed by atoms with Gasteiger partial charge in [-0.05, 0) is 37.0 Å². The van der Waals surface area contributed by atoms with E-state index in [9.17, 15) is 4.79 Å². The second-order valence-electron chi connectivity index (χ2n) is 5.74. The van der Waals surface area contributed by atoms with Crippen LogP contribution in [0, 0.1) is 0 Å². The first kappa shape index (κ1) is 16.3. The molecule has 2 heterocycles. The van der Waals surface area contributed by atoms with Gasteiger partial charge in [0.15, 0.2) is 5.13 Å². The summed E-state index contributed by atoms with van der Waals surface area (Å²) in [7, 11) is 0. The molecule has 0 spiro atoms. The van der Waals surface area contributed by atoms with Gasteiger partial charge in [-0.1, -0.05) is 23.7 Å². The number of aryl methyl sites for hydroxylation is 1. The lowest BCUT2D eigenvalue weighted by Gasteiger charge is -2.24. The van der Waals surface area contributed by atoms with Gasteiger partial charge in [-0.15, -0.1) is 11.3 Å². The highest BCUT2D eigenvalue weighted by Crippen LogP contribution is 2.26. The van der Waals surface area contributed by atoms with Crippen molar-refractivity contribution in [2.24, 2.45) is 0 Å². The number of amides is 1. The second kappa shape index (κ2) is 7.79. The molecule has 1 fully saturated rings. The van der Waals surface area contributed by atoms with Crippen molar-refractivity contribution in [2.75, 3.05) is 18.0 Å². The number of rotatable bonds is 6. The molecule has 1 saturated heterocycles. The van der Waals surface area contributed by atoms with Crippen LogP contribution in [-0.4, -0.2) is 30.0 Å². The van der Waals surface area contributed by atoms with E-state index in [-0.39, 0.29) is 5.91 Å². The quantitative estimate of drug-likeness (QED) is 0.868. The number of benzene rings is 1. The Balaban J connectivity index is 1.45. The highest BCUT2D eigenvalue weighted by Gasteiger charge is 2.26. The van der Waals surface area contributed by atoms with E-state index in [1.54, 1.807) is 11.3 Å². The molecule has 2 aromatic rings. The number of thiazole rings is 1. The van der Waals surface area contributed by atoms with Crippen LogP contribution in [0.15, 0.2) is 35.8 Å². The number of hydrogen-bond acceptors (Lipinski definition) is 4. The summed E-state index contributed by atoms with van der Waals surface area (Å²) in [5.41, 5.74) is 1.10. The predicted molar refractivity (Wildman–Crippen MR) is 95.3 cm³/mol. The zero-order chi connectivity index (χ0) is 16.1. The van der Waals surface area contributed by atoms with Crippen LogP contribution in [0.25, 0.3) is 0 Å². The van der Waals surface area contributed by atoms with Gasteiger partial charge < -0.3 is 10.2 Å². The van der Waals surface area contributed by atoms with Gasteiger partial charge in [0.05, 0.1) is 0 Å². The van der Waals surface area contributed by atoms with Gasteiger partial charge in [0.25, 0.3) is 0 Å². The fraction of sp³-hybridized carbons (Fsp3) is 0.412. The van der Waals surface area contributed by atoms with E-state index in [0.717, 1.165) is 30.1 Å². The molecule has 1 aromatic carbocycles. The second-order valence-corrected chi connectivity index (χ2v) is 7.05. The van der Waals surface area contributed by atoms with E-state index in [2.05, 4.69) is 15.2 Å². The Morgan fingerprint density at radius 1 is 1.48 bits per heavy atom. The fourth-order valence-electron chi connectivity index (χ4n) is 2.93. The Morgan fingerprint density at radius 2 is 2.39 bits per heavy atom. The minimum Gasteiger partial charge on any atom is -0.354 e. The first-order valence-corrected chi connectivity index (χ1v) is 9.15. The van der Waals surface area contributed by atoms with E-state index in [1.165, 1.54) is 0 Å². The van der Waals surface area contributed by atoms with Crippen molar-refractivity contribution in [3.05, 3.63) is 46.4 Å². The Kier molecular flexibility index (Phi) is 5.51. The molecule has 1 amide bonds. The molecule has 4 nitrogen and oxygen atoms in total. The Bertz CT molecular complexity index is 647. The molecule has 1 atom stereocenters. The molecular weight excluding hydrogens is 330 g/mol. The van der Waals surface area contributed by atoms with Gasteiger partial charge in [0.1, 0.15) is 0 Å². The molecule has 3 rings (SSSR count). The molecule has 0 unspecified atom stereocenters. The van der Waals surface area contributed by atoms with Crippen LogP contribution in [-0.2, 0) is 11.2 Å². The molecule has 6 heteroatoms. The van der Waals surface area contributed by atoms with Gasteiger partial charge >= 0.3 is 0 Å². The number of carbonyl (C=O) groups excluding carboxylic acids is 1. The molecule has 0 radical (unpaired) electrons. The first-order chi connectivity index (χ1) is 11.2. The lowest BCUT2D eigenvalue weighted by atomic mass is 10.1. The number of aromatic nitrogens is 1. The van der Waals surface area contributed by atoms with Crippen LogP contribution in [0.1, 0.15) is 24.8 Å². The summed E-state index contributed by atoms with van der Waals surface area (Å²) in [5.74, 6) is 0.0935. The Labute approximate surface area is 145 Å². The summed E-state index contributed by atoms with van der Waals surface area (Å²) in [6.07, 6.45) is 5.30. The molecule has 1 N–H and O–H groups in total. The lowest BCUT2D eigenvalue weighted by Crippen LogP contribution is -2.40. The van der Waals surface area contributed by atoms with Crippen LogP contribution in [0.3, 0.4) is 0 Å². The van der Waals surface area contributed by atoms with Crippen LogP contribution >= 0.6 is 22.9 Å². The van der Waals surface area contributed by atoms with Gasteiger partial charge in [0.2, 0.25) is 5.91 Å². The molecule has 1 aromatic heterocycles. The third-order valence-electron chi connectivity index (χ3n) is 4.11. The van der Waals surface area contributed by atoms with E-state index in [0.29, 0.717) is 30.5 Å². The van der Waals surface area contributed by atoms with Gasteiger partial charge in [-0.25, -0.2) is 4.98 Å². The van der Waals surface area contributed by atoms with Gasteiger partial charge in [0, 0.05) is 42.2 Å². The monoisotopic (exact) mass is 349 g/mol. The smallest absolute Gasteiger partial charge is 0.220 e. The molecule has 1 aliphatic rings. The van der Waals surface area contributed by atoms with Crippen molar-refractivity contribution >= 4 is 34.0 Å². The SMILES string of the molecule is O=C(CCc1cccc(Cl)c1)NC[C@H]1CCCN1c1nccs1. The maximum Gasteiger partial charge on any atom is 0.220 e. The zero-order valence-corrected chi connectivity index (χ0v) is 14.4. The molecular formula is C17H20ClN3OS. The molecule has 122 valence electrons. The van der Waals surface area contributed by atoms with Crippen LogP contribution < -0.4 is 10.2 Å². The summed E-state index contributed by atoms with van der Waals surface area (Å²) in [5, 5.41) is 6.83. The number of hydrogen-bond donors (Lipinski definition) is 1. The van der Waals surface area contributed by atoms with Gasteiger partial charge in [-0.2, -0.15) is 0 Å². The predicted octanol–water partition coefficient (Wildman–Crippen LogP) is 3.51. The highest BCUT2D eigenvalue weighted by molar-refractivity contribution is 7.13. The standard InChI is InChI=1S/C17H20ClN3OS/c18-14-4-1-3-13(11-14)6-7-16(22)20-12-15-5-2-9-21(15)17-19-8-10-23-17/h1,3-4,8,10-11,15H,2,5-7,9,12H2,(H,20,22)/t15-/m1/s1. The number of nitrogens with one attached hydrogen (secondary N) is 1. The average molecular weight is 350 g/mol. The van der Waals surface area contributed by atoms with Crippen LogP contribution in [0.4, 0.5) is 5.13 Å². The number of halogens is 1. The van der Waals surface area contributed by atoms with E-state index in [1.807, 2.05) is 35.8 Å². The summed E-state index contributed by atoms with van der Waals surface area (Å²) in [6, 6.07) is 8.03. The summed E-state index contributed by atoms with van der Waals surface area (Å²) in [4.78, 5) is 18.8. The molecule has 0 saturated carbocycles. The van der Waals surface area contributed by atoms with Crippen molar-refractivity contribution < 1.29 is 4.79 Å². The third-order valence-corrected chi connectivity index (χ3v) is 5.15. The summed E-state index contributed by atoms with van der Waals surface area (Å²) >= 11 is 7.62. The molecule has 0 aliphatic carbocycles. The molecule has 23 heavy (non-hydrogen) atoms. The molecule has 1 aliphatic heterocycles. The van der Waals surface area contributed by atoms with Crippen LogP contribution in [0.5, 0.6) is 0 Å². The Hall–Kier alpha value is -1.59. The van der Waals surface area contributed by atoms with E-state index in [4.69, 9.17) is 11.6 Å². The van der Waals surface area contributed by atoms with Crippen LogP contribution in [0.2, 0.25) is 5.02 Å². The van der Waals surface area contributed by atoms with E-state index < -0.39 is 0 Å². The summed E-state index contributed by atoms with van der Waals surface area (Å²) in [6.45, 7) is 1.71. The Morgan fingerprint density at radius 3 is 3.17 bits per heavy atom. The normalized spacial score (nSPS) is 17.4. The van der Waals surface area contributed by atoms with Crippen molar-refractivity contribution in [1.82, 2.24) is 10.3 Å². The maximum absolute atomic E-state index is 12.1. The highest BCUT2D eigenvalue weighted by atomic mass is 35.5. The van der Waals surface area contributed by atoms with Gasteiger partial charge in [-0.3, -0.25) is 4.79 Å². The summed E-state index contributed by atoms with van der Waals surface area (Å²) < 4.78 is 0. The van der Waals surface area contributed by atoms with Crippen molar-refractivity contribution in [1.29, 1.82) is 0 Å². The third kappa shape index (κ3) is 4.45.